The molecule has 1 N–H and O–H groups in total. The number of imidazole rings is 1. The minimum Gasteiger partial charge on any atom is -0.384 e. The number of carbonyl (C=O) groups excluding carboxylic acids is 1. The van der Waals surface area contributed by atoms with Crippen LogP contribution in [0.5, 0.6) is 0 Å². The number of ketones is 1. The van der Waals surface area contributed by atoms with Gasteiger partial charge in [0.05, 0.1) is 17.6 Å². The topological polar surface area (TPSA) is 55.0 Å². The molecule has 2 aromatic rings. The minimum absolute atomic E-state index is 0.0985. The second kappa shape index (κ2) is 5.10. The van der Waals surface area contributed by atoms with E-state index >= 15 is 0 Å². The number of rotatable bonds is 5. The predicted molar refractivity (Wildman–Crippen MR) is 66.3 cm³/mol. The van der Waals surface area contributed by atoms with Gasteiger partial charge in [0.1, 0.15) is 5.82 Å². The molecule has 2 rings (SSSR count). The van der Waals surface area contributed by atoms with Gasteiger partial charge in [-0.25, -0.2) is 4.98 Å². The van der Waals surface area contributed by atoms with Gasteiger partial charge in [0.25, 0.3) is 0 Å². The van der Waals surface area contributed by atoms with Gasteiger partial charge in [-0.15, -0.1) is 0 Å². The molecule has 1 aromatic carbocycles. The first kappa shape index (κ1) is 11.8. The van der Waals surface area contributed by atoms with Crippen LogP contribution in [-0.2, 0) is 11.2 Å². The highest BCUT2D eigenvalue weighted by Gasteiger charge is 2.08. The quantitative estimate of drug-likeness (QED) is 0.805. The Bertz CT molecular complexity index is 531. The number of H-pyrrole nitrogens is 1. The summed E-state index contributed by atoms with van der Waals surface area (Å²) in [4.78, 5) is 19.4. The number of aryl methyl sites for hydroxylation is 1. The van der Waals surface area contributed by atoms with Crippen LogP contribution in [0, 0.1) is 0 Å². The second-order valence-electron chi connectivity index (χ2n) is 3.93. The van der Waals surface area contributed by atoms with Crippen molar-refractivity contribution in [3.63, 3.8) is 0 Å². The second-order valence-corrected chi connectivity index (χ2v) is 3.93. The molecule has 1 aromatic heterocycles. The van der Waals surface area contributed by atoms with E-state index in [-0.39, 0.29) is 5.78 Å². The van der Waals surface area contributed by atoms with Crippen molar-refractivity contribution in [2.75, 3.05) is 13.7 Å². The van der Waals surface area contributed by atoms with E-state index in [1.807, 2.05) is 25.1 Å². The Labute approximate surface area is 100 Å². The first-order chi connectivity index (χ1) is 8.24. The van der Waals surface area contributed by atoms with Gasteiger partial charge in [0.2, 0.25) is 0 Å². The summed E-state index contributed by atoms with van der Waals surface area (Å²) < 4.78 is 4.90. The lowest BCUT2D eigenvalue weighted by atomic mass is 10.1. The van der Waals surface area contributed by atoms with E-state index in [1.165, 1.54) is 0 Å². The Morgan fingerprint density at radius 3 is 3.00 bits per heavy atom. The molecule has 90 valence electrons. The highest BCUT2D eigenvalue weighted by atomic mass is 16.5. The van der Waals surface area contributed by atoms with Gasteiger partial charge in [-0.2, -0.15) is 0 Å². The molecule has 0 atom stereocenters. The molecule has 0 aliphatic rings. The fourth-order valence-corrected chi connectivity index (χ4v) is 1.74. The number of aromatic amines is 1. The SMILES string of the molecule is CCc1nc2ccc(C(=O)CCOC)cc2[nH]1. The molecule has 4 nitrogen and oxygen atoms in total. The normalized spacial score (nSPS) is 10.9. The summed E-state index contributed by atoms with van der Waals surface area (Å²) in [7, 11) is 1.60. The van der Waals surface area contributed by atoms with E-state index in [0.717, 1.165) is 23.3 Å². The number of carbonyl (C=O) groups is 1. The van der Waals surface area contributed by atoms with E-state index in [9.17, 15) is 4.79 Å². The third-order valence-electron chi connectivity index (χ3n) is 2.72. The molecule has 0 aliphatic heterocycles. The number of methoxy groups -OCH3 is 1. The first-order valence-electron chi connectivity index (χ1n) is 5.75. The Morgan fingerprint density at radius 2 is 2.29 bits per heavy atom. The van der Waals surface area contributed by atoms with Crippen LogP contribution in [-0.4, -0.2) is 29.5 Å². The van der Waals surface area contributed by atoms with Crippen LogP contribution in [0.25, 0.3) is 11.0 Å². The number of Topliss-reactive ketones (excluding diaryl/α,β-unsaturated/α-hetero) is 1. The molecule has 1 heterocycles. The molecule has 0 unspecified atom stereocenters. The predicted octanol–water partition coefficient (Wildman–Crippen LogP) is 2.34. The molecule has 17 heavy (non-hydrogen) atoms. The van der Waals surface area contributed by atoms with Gasteiger partial charge in [-0.05, 0) is 18.2 Å². The van der Waals surface area contributed by atoms with Crippen LogP contribution in [0.1, 0.15) is 29.5 Å². The van der Waals surface area contributed by atoms with Crippen molar-refractivity contribution in [2.45, 2.75) is 19.8 Å². The number of hydrogen-bond donors (Lipinski definition) is 1. The molecule has 0 amide bonds. The van der Waals surface area contributed by atoms with Gasteiger partial charge in [-0.3, -0.25) is 4.79 Å². The average Bonchev–Trinajstić information content (AvgIpc) is 2.77. The van der Waals surface area contributed by atoms with E-state index in [1.54, 1.807) is 7.11 Å². The zero-order valence-corrected chi connectivity index (χ0v) is 10.1. The molecule has 0 saturated heterocycles. The third kappa shape index (κ3) is 2.53. The number of aromatic nitrogens is 2. The van der Waals surface area contributed by atoms with E-state index < -0.39 is 0 Å². The van der Waals surface area contributed by atoms with Crippen LogP contribution >= 0.6 is 0 Å². The summed E-state index contributed by atoms with van der Waals surface area (Å²) in [6, 6.07) is 5.56. The average molecular weight is 232 g/mol. The Kier molecular flexibility index (Phi) is 3.54. The maximum absolute atomic E-state index is 11.8. The zero-order valence-electron chi connectivity index (χ0n) is 10.1. The minimum atomic E-state index is 0.0985. The smallest absolute Gasteiger partial charge is 0.165 e. The fraction of sp³-hybridized carbons (Fsp3) is 0.385. The molecular weight excluding hydrogens is 216 g/mol. The third-order valence-corrected chi connectivity index (χ3v) is 2.72. The number of nitrogens with one attached hydrogen (secondary N) is 1. The summed E-state index contributed by atoms with van der Waals surface area (Å²) in [5.41, 5.74) is 2.54. The monoisotopic (exact) mass is 232 g/mol. The van der Waals surface area contributed by atoms with Crippen molar-refractivity contribution in [1.82, 2.24) is 9.97 Å². The van der Waals surface area contributed by atoms with E-state index in [0.29, 0.717) is 18.6 Å². The molecule has 4 heteroatoms. The molecule has 0 fully saturated rings. The molecule has 0 aliphatic carbocycles. The van der Waals surface area contributed by atoms with Crippen molar-refractivity contribution >= 4 is 16.8 Å². The van der Waals surface area contributed by atoms with E-state index in [2.05, 4.69) is 9.97 Å². The van der Waals surface area contributed by atoms with Crippen molar-refractivity contribution < 1.29 is 9.53 Å². The number of ether oxygens (including phenoxy) is 1. The fourth-order valence-electron chi connectivity index (χ4n) is 1.74. The lowest BCUT2D eigenvalue weighted by molar-refractivity contribution is 0.0932. The largest absolute Gasteiger partial charge is 0.384 e. The molecule has 0 spiro atoms. The number of nitrogens with zero attached hydrogens (tertiary/aromatic N) is 1. The van der Waals surface area contributed by atoms with Gasteiger partial charge in [0, 0.05) is 25.5 Å². The number of hydrogen-bond acceptors (Lipinski definition) is 3. The van der Waals surface area contributed by atoms with E-state index in [4.69, 9.17) is 4.74 Å². The van der Waals surface area contributed by atoms with Crippen LogP contribution in [0.15, 0.2) is 18.2 Å². The van der Waals surface area contributed by atoms with Crippen molar-refractivity contribution in [3.05, 3.63) is 29.6 Å². The van der Waals surface area contributed by atoms with Crippen LogP contribution in [0.4, 0.5) is 0 Å². The van der Waals surface area contributed by atoms with Crippen LogP contribution < -0.4 is 0 Å². The van der Waals surface area contributed by atoms with Crippen LogP contribution in [0.2, 0.25) is 0 Å². The lowest BCUT2D eigenvalue weighted by Crippen LogP contribution is -2.03. The molecule has 0 bridgehead atoms. The van der Waals surface area contributed by atoms with Crippen LogP contribution in [0.3, 0.4) is 0 Å². The zero-order chi connectivity index (χ0) is 12.3. The standard InChI is InChI=1S/C13H16N2O2/c1-3-13-14-10-5-4-9(8-11(10)15-13)12(16)6-7-17-2/h4-5,8H,3,6-7H2,1-2H3,(H,14,15). The Balaban J connectivity index is 2.27. The Hall–Kier alpha value is -1.68. The Morgan fingerprint density at radius 1 is 1.47 bits per heavy atom. The lowest BCUT2D eigenvalue weighted by Gasteiger charge is -2.00. The highest BCUT2D eigenvalue weighted by Crippen LogP contribution is 2.15. The summed E-state index contributed by atoms with van der Waals surface area (Å²) in [5, 5.41) is 0. The van der Waals surface area contributed by atoms with Gasteiger partial charge in [0.15, 0.2) is 5.78 Å². The number of fused-ring (bicyclic) bond motifs is 1. The molecule has 0 saturated carbocycles. The highest BCUT2D eigenvalue weighted by molar-refractivity contribution is 5.98. The van der Waals surface area contributed by atoms with Gasteiger partial charge < -0.3 is 9.72 Å². The summed E-state index contributed by atoms with van der Waals surface area (Å²) >= 11 is 0. The number of benzene rings is 1. The summed E-state index contributed by atoms with van der Waals surface area (Å²) in [6.45, 7) is 2.50. The van der Waals surface area contributed by atoms with Crippen molar-refractivity contribution in [3.8, 4) is 0 Å². The maximum Gasteiger partial charge on any atom is 0.165 e. The summed E-state index contributed by atoms with van der Waals surface area (Å²) in [5.74, 6) is 1.04. The van der Waals surface area contributed by atoms with Crippen molar-refractivity contribution in [2.24, 2.45) is 0 Å². The maximum atomic E-state index is 11.8. The van der Waals surface area contributed by atoms with Gasteiger partial charge >= 0.3 is 0 Å². The van der Waals surface area contributed by atoms with Crippen molar-refractivity contribution in [1.29, 1.82) is 0 Å². The molecule has 0 radical (unpaired) electrons. The first-order valence-corrected chi connectivity index (χ1v) is 5.75. The van der Waals surface area contributed by atoms with Gasteiger partial charge in [-0.1, -0.05) is 6.92 Å². The summed E-state index contributed by atoms with van der Waals surface area (Å²) in [6.07, 6.45) is 1.28. The molecular formula is C13H16N2O2.